The van der Waals surface area contributed by atoms with Crippen LogP contribution in [0.2, 0.25) is 5.02 Å². The fraction of sp³-hybridized carbons (Fsp3) is 0.591. The van der Waals surface area contributed by atoms with Crippen LogP contribution in [0.4, 0.5) is 0 Å². The van der Waals surface area contributed by atoms with E-state index in [0.717, 1.165) is 44.3 Å². The zero-order valence-electron chi connectivity index (χ0n) is 16.5. The predicted octanol–water partition coefficient (Wildman–Crippen LogP) is 3.73. The molecule has 2 aliphatic rings. The zero-order valence-corrected chi connectivity index (χ0v) is 17.3. The summed E-state index contributed by atoms with van der Waals surface area (Å²) in [6.45, 7) is 4.37. The molecule has 4 rings (SSSR count). The maximum Gasteiger partial charge on any atom is 0.0831 e. The van der Waals surface area contributed by atoms with Crippen LogP contribution in [0.15, 0.2) is 36.7 Å². The SMILES string of the molecule is OCC[C@@H]1CN(Cc2cnn(-c3ccccc3Cl)c2)CCN1C1CCCCC1. The van der Waals surface area contributed by atoms with Crippen molar-refractivity contribution in [2.24, 2.45) is 0 Å². The molecule has 1 aromatic heterocycles. The van der Waals surface area contributed by atoms with Crippen molar-refractivity contribution in [3.8, 4) is 5.69 Å². The van der Waals surface area contributed by atoms with Crippen LogP contribution >= 0.6 is 11.6 Å². The van der Waals surface area contributed by atoms with E-state index in [0.29, 0.717) is 11.1 Å². The topological polar surface area (TPSA) is 44.5 Å². The quantitative estimate of drug-likeness (QED) is 0.799. The van der Waals surface area contributed by atoms with Crippen molar-refractivity contribution < 1.29 is 5.11 Å². The zero-order chi connectivity index (χ0) is 19.3. The second-order valence-electron chi connectivity index (χ2n) is 8.18. The van der Waals surface area contributed by atoms with Crippen LogP contribution in [0.5, 0.6) is 0 Å². The van der Waals surface area contributed by atoms with Gasteiger partial charge in [-0.3, -0.25) is 9.80 Å². The molecule has 28 heavy (non-hydrogen) atoms. The molecule has 1 N–H and O–H groups in total. The van der Waals surface area contributed by atoms with E-state index in [1.54, 1.807) is 0 Å². The lowest BCUT2D eigenvalue weighted by molar-refractivity contribution is 0.0137. The van der Waals surface area contributed by atoms with E-state index in [9.17, 15) is 5.11 Å². The number of hydrogen-bond acceptors (Lipinski definition) is 4. The monoisotopic (exact) mass is 402 g/mol. The standard InChI is InChI=1S/C22H31ClN4O/c23-21-8-4-5-9-22(21)27-16-18(14-24-27)15-25-11-12-26(20(17-25)10-13-28)19-6-2-1-3-7-19/h4-5,8-9,14,16,19-20,28H,1-3,6-7,10-13,15,17H2/t20-/m1/s1. The highest BCUT2D eigenvalue weighted by atomic mass is 35.5. The average molecular weight is 403 g/mol. The Kier molecular flexibility index (Phi) is 6.68. The molecular formula is C22H31ClN4O. The Balaban J connectivity index is 1.40. The third-order valence-corrected chi connectivity index (χ3v) is 6.58. The maximum absolute atomic E-state index is 9.60. The number of benzene rings is 1. The number of aliphatic hydroxyl groups excluding tert-OH is 1. The lowest BCUT2D eigenvalue weighted by Gasteiger charge is -2.46. The first-order valence-electron chi connectivity index (χ1n) is 10.6. The van der Waals surface area contributed by atoms with Gasteiger partial charge in [0.1, 0.15) is 0 Å². The Labute approximate surface area is 172 Å². The fourth-order valence-corrected chi connectivity index (χ4v) is 5.07. The fourth-order valence-electron chi connectivity index (χ4n) is 4.85. The van der Waals surface area contributed by atoms with Crippen molar-refractivity contribution in [1.82, 2.24) is 19.6 Å². The molecule has 1 saturated carbocycles. The van der Waals surface area contributed by atoms with Gasteiger partial charge in [0.2, 0.25) is 0 Å². The minimum absolute atomic E-state index is 0.270. The van der Waals surface area contributed by atoms with Crippen LogP contribution < -0.4 is 0 Å². The van der Waals surface area contributed by atoms with Gasteiger partial charge in [0.15, 0.2) is 0 Å². The molecule has 0 bridgehead atoms. The summed E-state index contributed by atoms with van der Waals surface area (Å²) in [5, 5.41) is 14.8. The van der Waals surface area contributed by atoms with Gasteiger partial charge in [-0.1, -0.05) is 43.0 Å². The molecule has 1 saturated heterocycles. The summed E-state index contributed by atoms with van der Waals surface area (Å²) in [7, 11) is 0. The van der Waals surface area contributed by atoms with Gasteiger partial charge in [0.25, 0.3) is 0 Å². The Morgan fingerprint density at radius 1 is 1.11 bits per heavy atom. The van der Waals surface area contributed by atoms with E-state index in [2.05, 4.69) is 21.1 Å². The van der Waals surface area contributed by atoms with E-state index in [-0.39, 0.29) is 6.61 Å². The van der Waals surface area contributed by atoms with Gasteiger partial charge in [-0.2, -0.15) is 5.10 Å². The third-order valence-electron chi connectivity index (χ3n) is 6.26. The van der Waals surface area contributed by atoms with Crippen molar-refractivity contribution in [1.29, 1.82) is 0 Å². The number of para-hydroxylation sites is 1. The molecule has 152 valence electrons. The van der Waals surface area contributed by atoms with Crippen LogP contribution in [0.25, 0.3) is 5.69 Å². The molecule has 1 aliphatic heterocycles. The minimum atomic E-state index is 0.270. The number of aromatic nitrogens is 2. The van der Waals surface area contributed by atoms with Gasteiger partial charge in [-0.05, 0) is 31.4 Å². The molecule has 0 spiro atoms. The van der Waals surface area contributed by atoms with E-state index < -0.39 is 0 Å². The van der Waals surface area contributed by atoms with Gasteiger partial charge in [-0.15, -0.1) is 0 Å². The molecule has 2 heterocycles. The Morgan fingerprint density at radius 3 is 2.71 bits per heavy atom. The number of hydrogen-bond donors (Lipinski definition) is 1. The smallest absolute Gasteiger partial charge is 0.0831 e. The van der Waals surface area contributed by atoms with Crippen LogP contribution in [-0.4, -0.2) is 63.0 Å². The number of halogens is 1. The van der Waals surface area contributed by atoms with E-state index in [1.807, 2.05) is 35.1 Å². The summed E-state index contributed by atoms with van der Waals surface area (Å²) in [6.07, 6.45) is 11.6. The van der Waals surface area contributed by atoms with Crippen molar-refractivity contribution >= 4 is 11.6 Å². The summed E-state index contributed by atoms with van der Waals surface area (Å²) in [5.41, 5.74) is 2.12. The largest absolute Gasteiger partial charge is 0.396 e. The van der Waals surface area contributed by atoms with Crippen molar-refractivity contribution in [2.75, 3.05) is 26.2 Å². The van der Waals surface area contributed by atoms with Gasteiger partial charge in [0, 0.05) is 56.6 Å². The molecule has 1 aliphatic carbocycles. The molecule has 2 fully saturated rings. The van der Waals surface area contributed by atoms with E-state index >= 15 is 0 Å². The minimum Gasteiger partial charge on any atom is -0.396 e. The van der Waals surface area contributed by atoms with Crippen LogP contribution in [0.3, 0.4) is 0 Å². The van der Waals surface area contributed by atoms with Gasteiger partial charge in [0.05, 0.1) is 16.9 Å². The molecule has 0 radical (unpaired) electrons. The summed E-state index contributed by atoms with van der Waals surface area (Å²) in [5.74, 6) is 0. The summed E-state index contributed by atoms with van der Waals surface area (Å²) in [4.78, 5) is 5.20. The number of piperazine rings is 1. The van der Waals surface area contributed by atoms with Gasteiger partial charge >= 0.3 is 0 Å². The lowest BCUT2D eigenvalue weighted by Crippen LogP contribution is -2.56. The molecule has 0 unspecified atom stereocenters. The van der Waals surface area contributed by atoms with E-state index in [4.69, 9.17) is 11.6 Å². The highest BCUT2D eigenvalue weighted by Gasteiger charge is 2.32. The second kappa shape index (κ2) is 9.40. The maximum atomic E-state index is 9.60. The van der Waals surface area contributed by atoms with Crippen LogP contribution in [0, 0.1) is 0 Å². The first-order chi connectivity index (χ1) is 13.7. The molecule has 1 aromatic carbocycles. The van der Waals surface area contributed by atoms with E-state index in [1.165, 1.54) is 37.7 Å². The van der Waals surface area contributed by atoms with Gasteiger partial charge in [-0.25, -0.2) is 4.68 Å². The molecule has 5 nitrogen and oxygen atoms in total. The second-order valence-corrected chi connectivity index (χ2v) is 8.58. The first kappa shape index (κ1) is 19.9. The molecule has 6 heteroatoms. The average Bonchev–Trinajstić information content (AvgIpc) is 3.18. The van der Waals surface area contributed by atoms with Crippen LogP contribution in [-0.2, 0) is 6.54 Å². The predicted molar refractivity (Wildman–Crippen MR) is 113 cm³/mol. The van der Waals surface area contributed by atoms with Gasteiger partial charge < -0.3 is 5.11 Å². The Bertz CT molecular complexity index is 758. The van der Waals surface area contributed by atoms with Crippen molar-refractivity contribution in [3.63, 3.8) is 0 Å². The molecular weight excluding hydrogens is 372 g/mol. The van der Waals surface area contributed by atoms with Crippen LogP contribution in [0.1, 0.15) is 44.1 Å². The summed E-state index contributed by atoms with van der Waals surface area (Å²) < 4.78 is 1.86. The first-order valence-corrected chi connectivity index (χ1v) is 11.0. The summed E-state index contributed by atoms with van der Waals surface area (Å²) >= 11 is 6.30. The third kappa shape index (κ3) is 4.60. The molecule has 0 amide bonds. The van der Waals surface area contributed by atoms with Crippen molar-refractivity contribution in [3.05, 3.63) is 47.2 Å². The summed E-state index contributed by atoms with van der Waals surface area (Å²) in [6, 6.07) is 8.97. The van der Waals surface area contributed by atoms with Crippen molar-refractivity contribution in [2.45, 2.75) is 57.2 Å². The number of rotatable bonds is 6. The number of aliphatic hydroxyl groups is 1. The highest BCUT2D eigenvalue weighted by molar-refractivity contribution is 6.32. The normalized spacial score (nSPS) is 22.6. The number of nitrogens with zero attached hydrogens (tertiary/aromatic N) is 4. The Morgan fingerprint density at radius 2 is 1.93 bits per heavy atom. The lowest BCUT2D eigenvalue weighted by atomic mass is 9.92. The molecule has 2 aromatic rings. The molecule has 1 atom stereocenters. The highest BCUT2D eigenvalue weighted by Crippen LogP contribution is 2.27. The Hall–Kier alpha value is -1.40.